The molecule has 0 radical (unpaired) electrons. The van der Waals surface area contributed by atoms with Crippen LogP contribution in [0.4, 0.5) is 5.69 Å². The van der Waals surface area contributed by atoms with E-state index in [0.717, 1.165) is 11.1 Å². The number of amides is 1. The molecule has 0 aliphatic heterocycles. The molecule has 1 aromatic heterocycles. The minimum absolute atomic E-state index is 0.0593. The van der Waals surface area contributed by atoms with Crippen LogP contribution in [0.15, 0.2) is 65.5 Å². The highest BCUT2D eigenvalue weighted by molar-refractivity contribution is 6.30. The molecule has 3 rings (SSSR count). The van der Waals surface area contributed by atoms with Gasteiger partial charge in [-0.15, -0.1) is 0 Å². The van der Waals surface area contributed by atoms with E-state index in [0.29, 0.717) is 10.7 Å². The lowest BCUT2D eigenvalue weighted by atomic mass is 10.2. The molecule has 3 aromatic rings. The van der Waals surface area contributed by atoms with Gasteiger partial charge in [0, 0.05) is 16.8 Å². The molecule has 0 spiro atoms. The Hall–Kier alpha value is -3.45. The molecule has 0 fully saturated rings. The molecular weight excluding hydrogens is 394 g/mol. The summed E-state index contributed by atoms with van der Waals surface area (Å²) < 4.78 is 6.19. The number of rotatable bonds is 6. The molecule has 2 aromatic carbocycles. The summed E-state index contributed by atoms with van der Waals surface area (Å²) >= 11 is 5.89. The van der Waals surface area contributed by atoms with Crippen LogP contribution in [-0.4, -0.2) is 28.3 Å². The van der Waals surface area contributed by atoms with Crippen molar-refractivity contribution in [3.63, 3.8) is 0 Å². The van der Waals surface area contributed by atoms with Crippen molar-refractivity contribution < 1.29 is 14.3 Å². The molecule has 0 aliphatic carbocycles. The van der Waals surface area contributed by atoms with E-state index < -0.39 is 18.5 Å². The van der Waals surface area contributed by atoms with E-state index in [1.165, 1.54) is 16.8 Å². The predicted octanol–water partition coefficient (Wildman–Crippen LogP) is 3.05. The third-order valence-electron chi connectivity index (χ3n) is 4.05. The first-order chi connectivity index (χ1) is 13.9. The van der Waals surface area contributed by atoms with Crippen LogP contribution in [0.3, 0.4) is 0 Å². The zero-order valence-electron chi connectivity index (χ0n) is 15.6. The SMILES string of the molecule is Cc1cc(Cl)ccc1NC(=O)COC(=O)c1ccc(=O)n(Cc2ccccc2)n1. The summed E-state index contributed by atoms with van der Waals surface area (Å²) in [6.45, 7) is 1.53. The molecule has 0 atom stereocenters. The third-order valence-corrected chi connectivity index (χ3v) is 4.28. The van der Waals surface area contributed by atoms with Crippen molar-refractivity contribution in [2.45, 2.75) is 13.5 Å². The maximum Gasteiger partial charge on any atom is 0.359 e. The Balaban J connectivity index is 1.62. The molecule has 1 amide bonds. The van der Waals surface area contributed by atoms with Crippen LogP contribution in [0.2, 0.25) is 5.02 Å². The van der Waals surface area contributed by atoms with Gasteiger partial charge in [-0.1, -0.05) is 41.9 Å². The Morgan fingerprint density at radius 2 is 1.86 bits per heavy atom. The van der Waals surface area contributed by atoms with E-state index in [2.05, 4.69) is 10.4 Å². The Morgan fingerprint density at radius 3 is 2.59 bits per heavy atom. The maximum absolute atomic E-state index is 12.2. The quantitative estimate of drug-likeness (QED) is 0.629. The first kappa shape index (κ1) is 20.3. The summed E-state index contributed by atoms with van der Waals surface area (Å²) in [5, 5.41) is 7.24. The van der Waals surface area contributed by atoms with Gasteiger partial charge in [0.2, 0.25) is 0 Å². The number of carbonyl (C=O) groups excluding carboxylic acids is 2. The highest BCUT2D eigenvalue weighted by Gasteiger charge is 2.14. The smallest absolute Gasteiger partial charge is 0.359 e. The van der Waals surface area contributed by atoms with E-state index in [1.807, 2.05) is 30.3 Å². The molecule has 0 saturated heterocycles. The fourth-order valence-electron chi connectivity index (χ4n) is 2.59. The van der Waals surface area contributed by atoms with Crippen molar-refractivity contribution >= 4 is 29.2 Å². The highest BCUT2D eigenvalue weighted by atomic mass is 35.5. The predicted molar refractivity (Wildman–Crippen MR) is 109 cm³/mol. The fourth-order valence-corrected chi connectivity index (χ4v) is 2.81. The van der Waals surface area contributed by atoms with E-state index in [1.54, 1.807) is 25.1 Å². The van der Waals surface area contributed by atoms with Gasteiger partial charge in [-0.25, -0.2) is 9.48 Å². The number of nitrogens with one attached hydrogen (secondary N) is 1. The average Bonchev–Trinajstić information content (AvgIpc) is 2.71. The van der Waals surface area contributed by atoms with Gasteiger partial charge in [-0.05, 0) is 42.3 Å². The van der Waals surface area contributed by atoms with Crippen LogP contribution in [0.1, 0.15) is 21.6 Å². The molecule has 0 aliphatic rings. The van der Waals surface area contributed by atoms with E-state index in [4.69, 9.17) is 16.3 Å². The number of carbonyl (C=O) groups is 2. The second kappa shape index (κ2) is 9.16. The highest BCUT2D eigenvalue weighted by Crippen LogP contribution is 2.19. The molecule has 0 bridgehead atoms. The number of anilines is 1. The van der Waals surface area contributed by atoms with Gasteiger partial charge in [0.15, 0.2) is 12.3 Å². The van der Waals surface area contributed by atoms with Crippen molar-refractivity contribution in [1.82, 2.24) is 9.78 Å². The maximum atomic E-state index is 12.2. The molecule has 7 nitrogen and oxygen atoms in total. The summed E-state index contributed by atoms with van der Waals surface area (Å²) in [5.41, 5.74) is 1.82. The van der Waals surface area contributed by atoms with E-state index >= 15 is 0 Å². The van der Waals surface area contributed by atoms with Crippen molar-refractivity contribution in [2.24, 2.45) is 0 Å². The standard InChI is InChI=1S/C21H18ClN3O4/c1-14-11-16(22)7-8-17(14)23-19(26)13-29-21(28)18-9-10-20(27)25(24-18)12-15-5-3-2-4-6-15/h2-11H,12-13H2,1H3,(H,23,26). The Bertz CT molecular complexity index is 1100. The average molecular weight is 412 g/mol. The Morgan fingerprint density at radius 1 is 1.10 bits per heavy atom. The van der Waals surface area contributed by atoms with Crippen LogP contribution >= 0.6 is 11.6 Å². The van der Waals surface area contributed by atoms with Gasteiger partial charge < -0.3 is 10.1 Å². The fraction of sp³-hybridized carbons (Fsp3) is 0.143. The minimum Gasteiger partial charge on any atom is -0.451 e. The van der Waals surface area contributed by atoms with Gasteiger partial charge in [0.1, 0.15) is 0 Å². The van der Waals surface area contributed by atoms with E-state index in [9.17, 15) is 14.4 Å². The zero-order valence-corrected chi connectivity index (χ0v) is 16.3. The topological polar surface area (TPSA) is 90.3 Å². The number of hydrogen-bond donors (Lipinski definition) is 1. The molecule has 0 unspecified atom stereocenters. The summed E-state index contributed by atoms with van der Waals surface area (Å²) in [6, 6.07) is 16.8. The first-order valence-corrected chi connectivity index (χ1v) is 9.15. The van der Waals surface area contributed by atoms with Gasteiger partial charge in [-0.3, -0.25) is 9.59 Å². The Labute approximate surface area is 171 Å². The van der Waals surface area contributed by atoms with Crippen molar-refractivity contribution in [3.8, 4) is 0 Å². The molecule has 29 heavy (non-hydrogen) atoms. The monoisotopic (exact) mass is 411 g/mol. The minimum atomic E-state index is -0.796. The van der Waals surface area contributed by atoms with Gasteiger partial charge in [-0.2, -0.15) is 5.10 Å². The Kier molecular flexibility index (Phi) is 6.41. The van der Waals surface area contributed by atoms with Crippen LogP contribution < -0.4 is 10.9 Å². The van der Waals surface area contributed by atoms with Gasteiger partial charge in [0.05, 0.1) is 6.54 Å². The van der Waals surface area contributed by atoms with Crippen molar-refractivity contribution in [3.05, 3.63) is 92.9 Å². The molecule has 0 saturated carbocycles. The number of hydrogen-bond acceptors (Lipinski definition) is 5. The number of aryl methyl sites for hydroxylation is 1. The van der Waals surface area contributed by atoms with Crippen molar-refractivity contribution in [2.75, 3.05) is 11.9 Å². The zero-order chi connectivity index (χ0) is 20.8. The van der Waals surface area contributed by atoms with Gasteiger partial charge >= 0.3 is 5.97 Å². The summed E-state index contributed by atoms with van der Waals surface area (Å²) in [4.78, 5) is 36.3. The lowest BCUT2D eigenvalue weighted by Gasteiger charge is -2.10. The molecule has 148 valence electrons. The van der Waals surface area contributed by atoms with Crippen LogP contribution in [0.5, 0.6) is 0 Å². The van der Waals surface area contributed by atoms with Crippen LogP contribution in [-0.2, 0) is 16.1 Å². The summed E-state index contributed by atoms with van der Waals surface area (Å²) in [7, 11) is 0. The molecule has 1 heterocycles. The number of benzene rings is 2. The van der Waals surface area contributed by atoms with Crippen molar-refractivity contribution in [1.29, 1.82) is 0 Å². The number of aromatic nitrogens is 2. The summed E-state index contributed by atoms with van der Waals surface area (Å²) in [6.07, 6.45) is 0. The largest absolute Gasteiger partial charge is 0.451 e. The molecule has 1 N–H and O–H groups in total. The van der Waals surface area contributed by atoms with Crippen LogP contribution in [0.25, 0.3) is 0 Å². The normalized spacial score (nSPS) is 10.4. The molecular formula is C21H18ClN3O4. The second-order valence-corrected chi connectivity index (χ2v) is 6.72. The lowest BCUT2D eigenvalue weighted by Crippen LogP contribution is -2.26. The first-order valence-electron chi connectivity index (χ1n) is 8.77. The lowest BCUT2D eigenvalue weighted by molar-refractivity contribution is -0.119. The van der Waals surface area contributed by atoms with Gasteiger partial charge in [0.25, 0.3) is 11.5 Å². The summed E-state index contributed by atoms with van der Waals surface area (Å²) in [5.74, 6) is -1.30. The van der Waals surface area contributed by atoms with Crippen LogP contribution in [0, 0.1) is 6.92 Å². The molecule has 8 heteroatoms. The third kappa shape index (κ3) is 5.52. The van der Waals surface area contributed by atoms with E-state index in [-0.39, 0.29) is 17.8 Å². The second-order valence-electron chi connectivity index (χ2n) is 6.28. The number of halogens is 1. The number of esters is 1. The number of ether oxygens (including phenoxy) is 1. The number of nitrogens with zero attached hydrogens (tertiary/aromatic N) is 2.